The van der Waals surface area contributed by atoms with Crippen LogP contribution in [0.3, 0.4) is 0 Å². The number of halogens is 1. The molecule has 0 saturated carbocycles. The van der Waals surface area contributed by atoms with E-state index in [1.54, 1.807) is 31.2 Å². The maximum absolute atomic E-state index is 12.2. The Balaban J connectivity index is 2.15. The topological polar surface area (TPSA) is 78.7 Å². The second-order valence-corrected chi connectivity index (χ2v) is 5.64. The predicted molar refractivity (Wildman–Crippen MR) is 88.4 cm³/mol. The van der Waals surface area contributed by atoms with E-state index in [0.29, 0.717) is 15.8 Å². The lowest BCUT2D eigenvalue weighted by molar-refractivity contribution is -0.385. The minimum atomic E-state index is -0.538. The van der Waals surface area contributed by atoms with Gasteiger partial charge in [0.15, 0.2) is 18.1 Å². The van der Waals surface area contributed by atoms with Gasteiger partial charge < -0.3 is 9.47 Å². The van der Waals surface area contributed by atoms with Crippen molar-refractivity contribution in [1.82, 2.24) is 0 Å². The van der Waals surface area contributed by atoms with E-state index in [4.69, 9.17) is 9.47 Å². The Morgan fingerprint density at radius 2 is 1.96 bits per heavy atom. The van der Waals surface area contributed by atoms with Crippen LogP contribution in [0.25, 0.3) is 0 Å². The molecule has 0 unspecified atom stereocenters. The Morgan fingerprint density at radius 1 is 1.22 bits per heavy atom. The first-order chi connectivity index (χ1) is 10.9. The molecule has 2 aromatic carbocycles. The summed E-state index contributed by atoms with van der Waals surface area (Å²) in [6.07, 6.45) is 0. The molecule has 0 spiro atoms. The molecule has 0 amide bonds. The van der Waals surface area contributed by atoms with Gasteiger partial charge in [-0.2, -0.15) is 0 Å². The van der Waals surface area contributed by atoms with Gasteiger partial charge in [0.1, 0.15) is 5.75 Å². The van der Waals surface area contributed by atoms with E-state index < -0.39 is 4.92 Å². The molecule has 0 bridgehead atoms. The third-order valence-electron chi connectivity index (χ3n) is 3.14. The minimum Gasteiger partial charge on any atom is -0.496 e. The molecule has 2 aromatic rings. The molecule has 0 N–H and O–H groups in total. The SMILES string of the molecule is COc1ccc(C(=O)COc2cc(C)ccc2[N+](=O)[O-])cc1Br. The molecule has 0 aliphatic rings. The van der Waals surface area contributed by atoms with Gasteiger partial charge in [-0.25, -0.2) is 0 Å². The number of ketones is 1. The molecule has 7 heteroatoms. The first kappa shape index (κ1) is 17.0. The summed E-state index contributed by atoms with van der Waals surface area (Å²) in [6, 6.07) is 9.41. The average molecular weight is 380 g/mol. The van der Waals surface area contributed by atoms with Gasteiger partial charge in [-0.3, -0.25) is 14.9 Å². The van der Waals surface area contributed by atoms with Gasteiger partial charge in [-0.1, -0.05) is 6.07 Å². The zero-order chi connectivity index (χ0) is 17.0. The number of nitro groups is 1. The highest BCUT2D eigenvalue weighted by Gasteiger charge is 2.17. The molecule has 6 nitrogen and oxygen atoms in total. The number of Topliss-reactive ketones (excluding diaryl/α,β-unsaturated/α-hetero) is 1. The molecule has 0 aliphatic heterocycles. The number of nitro benzene ring substituents is 1. The summed E-state index contributed by atoms with van der Waals surface area (Å²) in [5.74, 6) is 0.400. The fraction of sp³-hybridized carbons (Fsp3) is 0.188. The lowest BCUT2D eigenvalue weighted by Gasteiger charge is -2.08. The van der Waals surface area contributed by atoms with Crippen molar-refractivity contribution in [2.75, 3.05) is 13.7 Å². The van der Waals surface area contributed by atoms with Crippen LogP contribution in [-0.2, 0) is 0 Å². The van der Waals surface area contributed by atoms with Crippen molar-refractivity contribution >= 4 is 27.4 Å². The smallest absolute Gasteiger partial charge is 0.310 e. The van der Waals surface area contributed by atoms with E-state index >= 15 is 0 Å². The zero-order valence-electron chi connectivity index (χ0n) is 12.5. The zero-order valence-corrected chi connectivity index (χ0v) is 14.1. The standard InChI is InChI=1S/C16H14BrNO5/c1-10-3-5-13(18(20)21)16(7-10)23-9-14(19)11-4-6-15(22-2)12(17)8-11/h3-8H,9H2,1-2H3. The summed E-state index contributed by atoms with van der Waals surface area (Å²) in [5.41, 5.74) is 1.07. The van der Waals surface area contributed by atoms with Crippen LogP contribution in [0, 0.1) is 17.0 Å². The molecule has 0 saturated heterocycles. The van der Waals surface area contributed by atoms with Crippen LogP contribution in [0.5, 0.6) is 11.5 Å². The third kappa shape index (κ3) is 4.07. The quantitative estimate of drug-likeness (QED) is 0.431. The summed E-state index contributed by atoms with van der Waals surface area (Å²) in [6.45, 7) is 1.50. The van der Waals surface area contributed by atoms with Crippen molar-refractivity contribution in [3.05, 3.63) is 62.1 Å². The minimum absolute atomic E-state index is 0.0796. The lowest BCUT2D eigenvalue weighted by atomic mass is 10.1. The number of hydrogen-bond donors (Lipinski definition) is 0. The highest BCUT2D eigenvalue weighted by molar-refractivity contribution is 9.10. The Labute approximate surface area is 141 Å². The van der Waals surface area contributed by atoms with Gasteiger partial charge in [0.25, 0.3) is 0 Å². The van der Waals surface area contributed by atoms with Gasteiger partial charge in [0.2, 0.25) is 0 Å². The molecule has 23 heavy (non-hydrogen) atoms. The van der Waals surface area contributed by atoms with Crippen LogP contribution in [0.1, 0.15) is 15.9 Å². The number of aryl methyl sites for hydroxylation is 1. The number of rotatable bonds is 6. The Hall–Kier alpha value is -2.41. The second kappa shape index (κ2) is 7.23. The van der Waals surface area contributed by atoms with E-state index in [1.165, 1.54) is 19.2 Å². The molecule has 2 rings (SSSR count). The fourth-order valence-corrected chi connectivity index (χ4v) is 2.49. The first-order valence-electron chi connectivity index (χ1n) is 6.67. The first-order valence-corrected chi connectivity index (χ1v) is 7.46. The highest BCUT2D eigenvalue weighted by atomic mass is 79.9. The number of hydrogen-bond acceptors (Lipinski definition) is 5. The molecule has 0 atom stereocenters. The second-order valence-electron chi connectivity index (χ2n) is 4.79. The van der Waals surface area contributed by atoms with Gasteiger partial charge in [0, 0.05) is 11.6 Å². The Morgan fingerprint density at radius 3 is 2.57 bits per heavy atom. The average Bonchev–Trinajstić information content (AvgIpc) is 2.52. The summed E-state index contributed by atoms with van der Waals surface area (Å²) >= 11 is 3.30. The number of nitrogens with zero attached hydrogens (tertiary/aromatic N) is 1. The summed E-state index contributed by atoms with van der Waals surface area (Å²) in [7, 11) is 1.53. The molecule has 0 radical (unpaired) electrons. The van der Waals surface area contributed by atoms with Crippen molar-refractivity contribution in [1.29, 1.82) is 0 Å². The number of ether oxygens (including phenoxy) is 2. The maximum atomic E-state index is 12.2. The van der Waals surface area contributed by atoms with E-state index in [9.17, 15) is 14.9 Å². The molecule has 0 aromatic heterocycles. The monoisotopic (exact) mass is 379 g/mol. The Bertz CT molecular complexity index is 760. The van der Waals surface area contributed by atoms with E-state index in [2.05, 4.69) is 15.9 Å². The van der Waals surface area contributed by atoms with Crippen molar-refractivity contribution < 1.29 is 19.2 Å². The van der Waals surface area contributed by atoms with Crippen LogP contribution in [-0.4, -0.2) is 24.4 Å². The fourth-order valence-electron chi connectivity index (χ4n) is 1.95. The van der Waals surface area contributed by atoms with Crippen molar-refractivity contribution in [2.24, 2.45) is 0 Å². The van der Waals surface area contributed by atoms with Crippen LogP contribution in [0.15, 0.2) is 40.9 Å². The van der Waals surface area contributed by atoms with Crippen molar-refractivity contribution in [2.45, 2.75) is 6.92 Å². The van der Waals surface area contributed by atoms with Crippen molar-refractivity contribution in [3.63, 3.8) is 0 Å². The van der Waals surface area contributed by atoms with Crippen LogP contribution >= 0.6 is 15.9 Å². The number of carbonyl (C=O) groups excluding carboxylic acids is 1. The third-order valence-corrected chi connectivity index (χ3v) is 3.76. The molecular weight excluding hydrogens is 366 g/mol. The van der Waals surface area contributed by atoms with E-state index in [0.717, 1.165) is 5.56 Å². The van der Waals surface area contributed by atoms with Crippen molar-refractivity contribution in [3.8, 4) is 11.5 Å². The summed E-state index contributed by atoms with van der Waals surface area (Å²) in [5, 5.41) is 11.0. The molecular formula is C16H14BrNO5. The van der Waals surface area contributed by atoms with Crippen LogP contribution < -0.4 is 9.47 Å². The largest absolute Gasteiger partial charge is 0.496 e. The van der Waals surface area contributed by atoms with Gasteiger partial charge in [-0.05, 0) is 52.7 Å². The Kier molecular flexibility index (Phi) is 5.33. The highest BCUT2D eigenvalue weighted by Crippen LogP contribution is 2.28. The van der Waals surface area contributed by atoms with Gasteiger partial charge in [0.05, 0.1) is 16.5 Å². The predicted octanol–water partition coefficient (Wildman–Crippen LogP) is 3.94. The molecule has 120 valence electrons. The molecule has 0 aliphatic carbocycles. The number of carbonyl (C=O) groups is 1. The normalized spacial score (nSPS) is 10.2. The number of benzene rings is 2. The molecule has 0 heterocycles. The summed E-state index contributed by atoms with van der Waals surface area (Å²) in [4.78, 5) is 22.6. The summed E-state index contributed by atoms with van der Waals surface area (Å²) < 4.78 is 11.1. The lowest BCUT2D eigenvalue weighted by Crippen LogP contribution is -2.12. The molecule has 0 fully saturated rings. The maximum Gasteiger partial charge on any atom is 0.310 e. The van der Waals surface area contributed by atoms with Crippen LogP contribution in [0.2, 0.25) is 0 Å². The van der Waals surface area contributed by atoms with E-state index in [1.807, 2.05) is 0 Å². The van der Waals surface area contributed by atoms with Gasteiger partial charge in [-0.15, -0.1) is 0 Å². The van der Waals surface area contributed by atoms with E-state index in [-0.39, 0.29) is 23.8 Å². The van der Waals surface area contributed by atoms with Crippen LogP contribution in [0.4, 0.5) is 5.69 Å². The number of methoxy groups -OCH3 is 1. The van der Waals surface area contributed by atoms with Gasteiger partial charge >= 0.3 is 5.69 Å².